The first-order valence-corrected chi connectivity index (χ1v) is 9.35. The third kappa shape index (κ3) is 4.73. The molecule has 0 atom stereocenters. The summed E-state index contributed by atoms with van der Waals surface area (Å²) in [5, 5.41) is 7.08. The SMILES string of the molecule is CN1CC(=O)N(CCCC(=O)Nc2ccnn2Cc2ccc(Br)cc2)C1=O. The summed E-state index contributed by atoms with van der Waals surface area (Å²) in [7, 11) is 1.58. The topological polar surface area (TPSA) is 87.5 Å². The molecule has 1 N–H and O–H groups in total. The highest BCUT2D eigenvalue weighted by Gasteiger charge is 2.32. The number of nitrogens with zero attached hydrogens (tertiary/aromatic N) is 4. The van der Waals surface area contributed by atoms with Gasteiger partial charge in [-0.15, -0.1) is 0 Å². The van der Waals surface area contributed by atoms with Gasteiger partial charge in [0.15, 0.2) is 0 Å². The highest BCUT2D eigenvalue weighted by molar-refractivity contribution is 9.10. The zero-order valence-corrected chi connectivity index (χ0v) is 16.5. The molecule has 0 radical (unpaired) electrons. The van der Waals surface area contributed by atoms with Gasteiger partial charge in [-0.1, -0.05) is 28.1 Å². The van der Waals surface area contributed by atoms with Gasteiger partial charge in [0.2, 0.25) is 11.8 Å². The van der Waals surface area contributed by atoms with Gasteiger partial charge in [0, 0.05) is 30.6 Å². The second-order valence-electron chi connectivity index (χ2n) is 6.34. The van der Waals surface area contributed by atoms with Crippen molar-refractivity contribution in [2.24, 2.45) is 0 Å². The summed E-state index contributed by atoms with van der Waals surface area (Å²) in [5.41, 5.74) is 1.06. The lowest BCUT2D eigenvalue weighted by Crippen LogP contribution is -2.33. The molecule has 27 heavy (non-hydrogen) atoms. The van der Waals surface area contributed by atoms with E-state index in [0.717, 1.165) is 10.0 Å². The number of halogens is 1. The maximum Gasteiger partial charge on any atom is 0.326 e. The Hall–Kier alpha value is -2.68. The number of imide groups is 1. The predicted octanol–water partition coefficient (Wildman–Crippen LogP) is 2.31. The number of amides is 4. The van der Waals surface area contributed by atoms with Crippen LogP contribution in [0.2, 0.25) is 0 Å². The largest absolute Gasteiger partial charge is 0.326 e. The molecule has 0 aliphatic carbocycles. The molecule has 0 bridgehead atoms. The minimum atomic E-state index is -0.312. The fourth-order valence-electron chi connectivity index (χ4n) is 2.82. The van der Waals surface area contributed by atoms with Crippen molar-refractivity contribution in [3.8, 4) is 0 Å². The normalized spacial score (nSPS) is 14.1. The summed E-state index contributed by atoms with van der Waals surface area (Å²) in [6.45, 7) is 0.882. The number of nitrogens with one attached hydrogen (secondary N) is 1. The van der Waals surface area contributed by atoms with Gasteiger partial charge in [-0.3, -0.25) is 14.5 Å². The van der Waals surface area contributed by atoms with Crippen molar-refractivity contribution in [1.29, 1.82) is 0 Å². The quantitative estimate of drug-likeness (QED) is 0.678. The minimum Gasteiger partial charge on any atom is -0.318 e. The van der Waals surface area contributed by atoms with Crippen LogP contribution in [-0.4, -0.2) is 57.6 Å². The van der Waals surface area contributed by atoms with E-state index in [1.807, 2.05) is 24.3 Å². The first-order valence-electron chi connectivity index (χ1n) is 8.55. The van der Waals surface area contributed by atoms with E-state index >= 15 is 0 Å². The van der Waals surface area contributed by atoms with Crippen LogP contribution in [0.5, 0.6) is 0 Å². The third-order valence-corrected chi connectivity index (χ3v) is 4.77. The standard InChI is InChI=1S/C18H20BrN5O3/c1-22-12-17(26)23(18(22)27)10-2-3-16(25)21-15-8-9-20-24(15)11-13-4-6-14(19)7-5-13/h4-9H,2-3,10-12H2,1H3,(H,21,25). The van der Waals surface area contributed by atoms with Crippen molar-refractivity contribution < 1.29 is 14.4 Å². The van der Waals surface area contributed by atoms with Gasteiger partial charge in [-0.25, -0.2) is 9.48 Å². The van der Waals surface area contributed by atoms with Gasteiger partial charge >= 0.3 is 6.03 Å². The van der Waals surface area contributed by atoms with E-state index < -0.39 is 0 Å². The number of aromatic nitrogens is 2. The Morgan fingerprint density at radius 1 is 1.22 bits per heavy atom. The van der Waals surface area contributed by atoms with Crippen LogP contribution in [0.1, 0.15) is 18.4 Å². The summed E-state index contributed by atoms with van der Waals surface area (Å²) < 4.78 is 2.71. The van der Waals surface area contributed by atoms with Crippen molar-refractivity contribution in [3.63, 3.8) is 0 Å². The van der Waals surface area contributed by atoms with E-state index in [-0.39, 0.29) is 37.4 Å². The van der Waals surface area contributed by atoms with E-state index in [1.165, 1.54) is 9.80 Å². The van der Waals surface area contributed by atoms with Crippen molar-refractivity contribution in [3.05, 3.63) is 46.6 Å². The summed E-state index contributed by atoms with van der Waals surface area (Å²) in [6.07, 6.45) is 2.26. The number of anilines is 1. The summed E-state index contributed by atoms with van der Waals surface area (Å²) in [6, 6.07) is 9.30. The molecule has 1 aliphatic heterocycles. The molecule has 1 saturated heterocycles. The molecular formula is C18H20BrN5O3. The average Bonchev–Trinajstić information content (AvgIpc) is 3.15. The maximum atomic E-state index is 12.2. The number of hydrogen-bond acceptors (Lipinski definition) is 4. The maximum absolute atomic E-state index is 12.2. The Labute approximate surface area is 165 Å². The van der Waals surface area contributed by atoms with Crippen molar-refractivity contribution in [2.75, 3.05) is 25.5 Å². The van der Waals surface area contributed by atoms with Crippen LogP contribution in [-0.2, 0) is 16.1 Å². The van der Waals surface area contributed by atoms with Gasteiger partial charge in [-0.05, 0) is 24.1 Å². The van der Waals surface area contributed by atoms with Gasteiger partial charge in [0.1, 0.15) is 12.4 Å². The van der Waals surface area contributed by atoms with Crippen molar-refractivity contribution in [2.45, 2.75) is 19.4 Å². The molecule has 8 nitrogen and oxygen atoms in total. The highest BCUT2D eigenvalue weighted by Crippen LogP contribution is 2.15. The fourth-order valence-corrected chi connectivity index (χ4v) is 3.08. The van der Waals surface area contributed by atoms with Gasteiger partial charge in [0.05, 0.1) is 12.7 Å². The van der Waals surface area contributed by atoms with Crippen molar-refractivity contribution in [1.82, 2.24) is 19.6 Å². The zero-order valence-electron chi connectivity index (χ0n) is 14.9. The molecular weight excluding hydrogens is 414 g/mol. The summed E-state index contributed by atoms with van der Waals surface area (Å²) in [4.78, 5) is 38.3. The van der Waals surface area contributed by atoms with Gasteiger partial charge in [-0.2, -0.15) is 5.10 Å². The zero-order chi connectivity index (χ0) is 19.4. The Kier molecular flexibility index (Phi) is 5.90. The minimum absolute atomic E-state index is 0.0975. The predicted molar refractivity (Wildman–Crippen MR) is 103 cm³/mol. The summed E-state index contributed by atoms with van der Waals surface area (Å²) in [5.74, 6) is 0.200. The van der Waals surface area contributed by atoms with Crippen LogP contribution in [0.15, 0.2) is 41.0 Å². The van der Waals surface area contributed by atoms with E-state index in [2.05, 4.69) is 26.3 Å². The smallest absolute Gasteiger partial charge is 0.318 e. The lowest BCUT2D eigenvalue weighted by molar-refractivity contribution is -0.125. The van der Waals surface area contributed by atoms with E-state index in [1.54, 1.807) is 24.0 Å². The molecule has 0 spiro atoms. The van der Waals surface area contributed by atoms with E-state index in [0.29, 0.717) is 18.8 Å². The number of rotatable bonds is 7. The molecule has 3 rings (SSSR count). The van der Waals surface area contributed by atoms with Crippen molar-refractivity contribution >= 4 is 39.6 Å². The van der Waals surface area contributed by atoms with E-state index in [9.17, 15) is 14.4 Å². The number of benzene rings is 1. The average molecular weight is 434 g/mol. The second-order valence-corrected chi connectivity index (χ2v) is 7.25. The molecule has 0 saturated carbocycles. The molecule has 2 aromatic rings. The number of carbonyl (C=O) groups excluding carboxylic acids is 3. The Balaban J connectivity index is 1.50. The molecule has 1 fully saturated rings. The lowest BCUT2D eigenvalue weighted by Gasteiger charge is -2.14. The van der Waals surface area contributed by atoms with Gasteiger partial charge < -0.3 is 10.2 Å². The number of carbonyl (C=O) groups is 3. The molecule has 1 aliphatic rings. The van der Waals surface area contributed by atoms with E-state index in [4.69, 9.17) is 0 Å². The van der Waals surface area contributed by atoms with Crippen LogP contribution in [0.3, 0.4) is 0 Å². The number of hydrogen-bond donors (Lipinski definition) is 1. The highest BCUT2D eigenvalue weighted by atomic mass is 79.9. The first-order chi connectivity index (χ1) is 12.9. The molecule has 0 unspecified atom stereocenters. The number of likely N-dealkylation sites (N-methyl/N-ethyl adjacent to an activating group) is 1. The van der Waals surface area contributed by atoms with Crippen LogP contribution in [0.25, 0.3) is 0 Å². The molecule has 4 amide bonds. The lowest BCUT2D eigenvalue weighted by atomic mass is 10.2. The Morgan fingerprint density at radius 2 is 1.96 bits per heavy atom. The fraction of sp³-hybridized carbons (Fsp3) is 0.333. The monoisotopic (exact) mass is 433 g/mol. The van der Waals surface area contributed by atoms with Crippen LogP contribution < -0.4 is 5.32 Å². The molecule has 1 aromatic heterocycles. The summed E-state index contributed by atoms with van der Waals surface area (Å²) >= 11 is 3.40. The molecule has 1 aromatic carbocycles. The Morgan fingerprint density at radius 3 is 2.63 bits per heavy atom. The number of urea groups is 1. The van der Waals surface area contributed by atoms with Crippen LogP contribution >= 0.6 is 15.9 Å². The van der Waals surface area contributed by atoms with Crippen LogP contribution in [0, 0.1) is 0 Å². The third-order valence-electron chi connectivity index (χ3n) is 4.25. The molecule has 2 heterocycles. The van der Waals surface area contributed by atoms with Crippen LogP contribution in [0.4, 0.5) is 10.6 Å². The Bertz CT molecular complexity index is 849. The van der Waals surface area contributed by atoms with Gasteiger partial charge in [0.25, 0.3) is 0 Å². The molecule has 9 heteroatoms. The second kappa shape index (κ2) is 8.34. The molecule has 142 valence electrons. The first kappa shape index (κ1) is 19.1.